The number of carboxylic acids is 1. The Balaban J connectivity index is 3.08. The Morgan fingerprint density at radius 1 is 1.04 bits per heavy atom. The van der Waals surface area contributed by atoms with Gasteiger partial charge in [-0.1, -0.05) is 0 Å². The normalized spacial score (nSPS) is 11.6. The van der Waals surface area contributed by atoms with Crippen LogP contribution in [0.1, 0.15) is 32.8 Å². The highest BCUT2D eigenvalue weighted by atomic mass is 19.4. The summed E-state index contributed by atoms with van der Waals surface area (Å²) < 4.78 is 43.8. The third-order valence-corrected chi connectivity index (χ3v) is 2.50. The van der Waals surface area contributed by atoms with Gasteiger partial charge in [-0.2, -0.15) is 13.2 Å². The van der Waals surface area contributed by atoms with Crippen LogP contribution in [0.3, 0.4) is 0 Å². The zero-order valence-electron chi connectivity index (χ0n) is 13.7. The molecule has 2 amide bonds. The van der Waals surface area contributed by atoms with E-state index in [2.05, 4.69) is 5.32 Å². The molecule has 0 fully saturated rings. The number of hydrogen-bond donors (Lipinski definition) is 3. The molecular weight excluding hydrogens is 345 g/mol. The van der Waals surface area contributed by atoms with Crippen LogP contribution in [-0.4, -0.2) is 28.7 Å². The molecule has 7 nitrogen and oxygen atoms in total. The third kappa shape index (κ3) is 7.55. The molecular formula is C15H17F3N2O5. The molecule has 0 saturated carbocycles. The van der Waals surface area contributed by atoms with Crippen LogP contribution in [0.4, 0.5) is 29.3 Å². The number of alkyl halides is 3. The molecule has 0 aliphatic rings. The van der Waals surface area contributed by atoms with Gasteiger partial charge in [0.05, 0.1) is 5.56 Å². The number of aliphatic carboxylic acids is 1. The molecule has 0 unspecified atom stereocenters. The lowest BCUT2D eigenvalue weighted by Gasteiger charge is -2.20. The molecule has 25 heavy (non-hydrogen) atoms. The Kier molecular flexibility index (Phi) is 6.01. The van der Waals surface area contributed by atoms with E-state index in [0.717, 1.165) is 6.07 Å². The molecule has 1 aromatic carbocycles. The van der Waals surface area contributed by atoms with Crippen molar-refractivity contribution < 1.29 is 37.4 Å². The summed E-state index contributed by atoms with van der Waals surface area (Å²) >= 11 is 0. The van der Waals surface area contributed by atoms with Gasteiger partial charge in [-0.25, -0.2) is 4.79 Å². The van der Waals surface area contributed by atoms with E-state index in [1.54, 1.807) is 20.8 Å². The Morgan fingerprint density at radius 3 is 2.00 bits per heavy atom. The largest absolute Gasteiger partial charge is 0.481 e. The van der Waals surface area contributed by atoms with Gasteiger partial charge in [0.2, 0.25) is 5.91 Å². The number of halogens is 3. The number of anilines is 2. The van der Waals surface area contributed by atoms with Gasteiger partial charge < -0.3 is 15.2 Å². The molecule has 0 spiro atoms. The van der Waals surface area contributed by atoms with Crippen molar-refractivity contribution in [1.29, 1.82) is 0 Å². The molecule has 0 bridgehead atoms. The number of carbonyl (C=O) groups excluding carboxylic acids is 2. The van der Waals surface area contributed by atoms with E-state index < -0.39 is 41.7 Å². The molecule has 10 heteroatoms. The minimum atomic E-state index is -4.74. The van der Waals surface area contributed by atoms with Crippen LogP contribution in [0.25, 0.3) is 0 Å². The quantitative estimate of drug-likeness (QED) is 0.712. The Bertz CT molecular complexity index is 681. The summed E-state index contributed by atoms with van der Waals surface area (Å²) in [4.78, 5) is 33.6. The fraction of sp³-hybridized carbons (Fsp3) is 0.400. The smallest absolute Gasteiger partial charge is 0.416 e. The number of nitrogens with one attached hydrogen (secondary N) is 2. The van der Waals surface area contributed by atoms with Gasteiger partial charge in [0, 0.05) is 11.4 Å². The molecule has 0 aromatic heterocycles. The van der Waals surface area contributed by atoms with Crippen molar-refractivity contribution in [2.75, 3.05) is 10.6 Å². The number of ether oxygens (including phenoxy) is 1. The average molecular weight is 362 g/mol. The highest BCUT2D eigenvalue weighted by Crippen LogP contribution is 2.33. The van der Waals surface area contributed by atoms with Crippen LogP contribution in [0.2, 0.25) is 0 Å². The number of amides is 2. The van der Waals surface area contributed by atoms with Crippen LogP contribution < -0.4 is 10.6 Å². The molecule has 3 N–H and O–H groups in total. The number of hydrogen-bond acceptors (Lipinski definition) is 4. The predicted octanol–water partition coefficient (Wildman–Crippen LogP) is 3.47. The number of carbonyl (C=O) groups is 3. The van der Waals surface area contributed by atoms with E-state index >= 15 is 0 Å². The fourth-order valence-electron chi connectivity index (χ4n) is 1.70. The summed E-state index contributed by atoms with van der Waals surface area (Å²) in [6.07, 6.45) is -6.63. The highest BCUT2D eigenvalue weighted by Gasteiger charge is 2.31. The molecule has 138 valence electrons. The summed E-state index contributed by atoms with van der Waals surface area (Å²) in [5, 5.41) is 12.7. The van der Waals surface area contributed by atoms with Gasteiger partial charge in [0.1, 0.15) is 12.0 Å². The topological polar surface area (TPSA) is 105 Å². The number of carboxylic acid groups (broad SMARTS) is 1. The molecule has 0 aliphatic heterocycles. The van der Waals surface area contributed by atoms with Crippen LogP contribution in [0.5, 0.6) is 0 Å². The lowest BCUT2D eigenvalue weighted by atomic mass is 10.1. The van der Waals surface area contributed by atoms with E-state index in [-0.39, 0.29) is 11.4 Å². The van der Waals surface area contributed by atoms with E-state index in [0.29, 0.717) is 12.1 Å². The Hall–Kier alpha value is -2.78. The van der Waals surface area contributed by atoms with Gasteiger partial charge in [-0.3, -0.25) is 14.9 Å². The summed E-state index contributed by atoms with van der Waals surface area (Å²) in [7, 11) is 0. The van der Waals surface area contributed by atoms with Crippen molar-refractivity contribution in [3.05, 3.63) is 23.8 Å². The van der Waals surface area contributed by atoms with Gasteiger partial charge in [-0.15, -0.1) is 0 Å². The molecule has 0 atom stereocenters. The Labute approximate surface area is 141 Å². The van der Waals surface area contributed by atoms with Crippen LogP contribution in [0.15, 0.2) is 18.2 Å². The van der Waals surface area contributed by atoms with Gasteiger partial charge in [-0.05, 0) is 39.0 Å². The second-order valence-electron chi connectivity index (χ2n) is 6.04. The SMILES string of the molecule is CC(C)(C)OC(=O)Nc1cc(NC(=O)CC(=O)O)cc(C(F)(F)F)c1. The summed E-state index contributed by atoms with van der Waals surface area (Å²) in [5.41, 5.74) is -2.57. The van der Waals surface area contributed by atoms with E-state index in [1.807, 2.05) is 5.32 Å². The van der Waals surface area contributed by atoms with Crippen molar-refractivity contribution in [3.8, 4) is 0 Å². The molecule has 1 aromatic rings. The molecule has 0 saturated heterocycles. The first kappa shape index (κ1) is 20.3. The summed E-state index contributed by atoms with van der Waals surface area (Å²) in [6.45, 7) is 4.74. The first-order chi connectivity index (χ1) is 11.3. The average Bonchev–Trinajstić information content (AvgIpc) is 2.33. The fourth-order valence-corrected chi connectivity index (χ4v) is 1.70. The molecule has 1 rings (SSSR count). The third-order valence-electron chi connectivity index (χ3n) is 2.50. The monoisotopic (exact) mass is 362 g/mol. The highest BCUT2D eigenvalue weighted by molar-refractivity contribution is 6.01. The van der Waals surface area contributed by atoms with Gasteiger partial charge in [0.15, 0.2) is 0 Å². The lowest BCUT2D eigenvalue weighted by Crippen LogP contribution is -2.27. The van der Waals surface area contributed by atoms with Crippen LogP contribution in [0, 0.1) is 0 Å². The zero-order valence-corrected chi connectivity index (χ0v) is 13.7. The first-order valence-corrected chi connectivity index (χ1v) is 7.00. The van der Waals surface area contributed by atoms with Crippen molar-refractivity contribution in [3.63, 3.8) is 0 Å². The second-order valence-corrected chi connectivity index (χ2v) is 6.04. The molecule has 0 radical (unpaired) electrons. The standard InChI is InChI=1S/C15H17F3N2O5/c1-14(2,3)25-13(24)20-10-5-8(15(16,17)18)4-9(6-10)19-11(21)7-12(22)23/h4-6H,7H2,1-3H3,(H,19,21)(H,20,24)(H,22,23). The van der Waals surface area contributed by atoms with Crippen LogP contribution >= 0.6 is 0 Å². The summed E-state index contributed by atoms with van der Waals surface area (Å²) in [6, 6.07) is 2.34. The zero-order chi connectivity index (χ0) is 19.4. The minimum Gasteiger partial charge on any atom is -0.481 e. The van der Waals surface area contributed by atoms with Gasteiger partial charge in [0.25, 0.3) is 0 Å². The maximum Gasteiger partial charge on any atom is 0.416 e. The van der Waals surface area contributed by atoms with E-state index in [1.165, 1.54) is 0 Å². The van der Waals surface area contributed by atoms with Crippen molar-refractivity contribution >= 4 is 29.3 Å². The van der Waals surface area contributed by atoms with E-state index in [4.69, 9.17) is 9.84 Å². The Morgan fingerprint density at radius 2 is 1.56 bits per heavy atom. The molecule has 0 heterocycles. The second kappa shape index (κ2) is 7.41. The predicted molar refractivity (Wildman–Crippen MR) is 82.2 cm³/mol. The molecule has 0 aliphatic carbocycles. The minimum absolute atomic E-state index is 0.269. The van der Waals surface area contributed by atoms with Crippen molar-refractivity contribution in [2.45, 2.75) is 39.0 Å². The first-order valence-electron chi connectivity index (χ1n) is 7.00. The van der Waals surface area contributed by atoms with Crippen molar-refractivity contribution in [2.24, 2.45) is 0 Å². The lowest BCUT2D eigenvalue weighted by molar-refractivity contribution is -0.140. The van der Waals surface area contributed by atoms with Crippen LogP contribution in [-0.2, 0) is 20.5 Å². The maximum atomic E-state index is 13.0. The van der Waals surface area contributed by atoms with E-state index in [9.17, 15) is 27.6 Å². The number of rotatable bonds is 4. The van der Waals surface area contributed by atoms with Crippen molar-refractivity contribution in [1.82, 2.24) is 0 Å². The van der Waals surface area contributed by atoms with Gasteiger partial charge >= 0.3 is 18.2 Å². The number of benzene rings is 1. The maximum absolute atomic E-state index is 13.0. The summed E-state index contributed by atoms with van der Waals surface area (Å²) in [5.74, 6) is -2.44.